The smallest absolute Gasteiger partial charge is 0.189 e. The standard InChI is InChI=1S/C19H26N6S/c1-4-25(5-2)11-7-10-22-18-16(13-20)17(23-19(24-18)26-3)14-8-6-9-15(21)12-14/h6,8-9,12H,4-5,7,10-11,21H2,1-3H3,(H,22,23,24). The predicted molar refractivity (Wildman–Crippen MR) is 109 cm³/mol. The minimum absolute atomic E-state index is 0.455. The molecular weight excluding hydrogens is 344 g/mol. The summed E-state index contributed by atoms with van der Waals surface area (Å²) in [6.45, 7) is 8.19. The number of nitrogens with two attached hydrogens (primary N) is 1. The quantitative estimate of drug-likeness (QED) is 0.302. The van der Waals surface area contributed by atoms with Crippen LogP contribution < -0.4 is 11.1 Å². The van der Waals surface area contributed by atoms with E-state index in [9.17, 15) is 5.26 Å². The van der Waals surface area contributed by atoms with Crippen molar-refractivity contribution >= 4 is 23.3 Å². The first-order chi connectivity index (χ1) is 12.6. The van der Waals surface area contributed by atoms with Gasteiger partial charge in [0.2, 0.25) is 0 Å². The van der Waals surface area contributed by atoms with Crippen LogP contribution in [0.4, 0.5) is 11.5 Å². The number of hydrogen-bond acceptors (Lipinski definition) is 7. The van der Waals surface area contributed by atoms with Crippen molar-refractivity contribution in [2.75, 3.05) is 43.5 Å². The number of aromatic nitrogens is 2. The number of nitrogen functional groups attached to an aromatic ring is 1. The van der Waals surface area contributed by atoms with Gasteiger partial charge >= 0.3 is 0 Å². The summed E-state index contributed by atoms with van der Waals surface area (Å²) in [5, 5.41) is 13.7. The van der Waals surface area contributed by atoms with Crippen LogP contribution in [0, 0.1) is 11.3 Å². The SMILES string of the molecule is CCN(CC)CCCNc1nc(SC)nc(-c2cccc(N)c2)c1C#N. The molecule has 0 saturated carbocycles. The van der Waals surface area contributed by atoms with E-state index in [4.69, 9.17) is 5.73 Å². The number of nitrogens with zero attached hydrogens (tertiary/aromatic N) is 4. The van der Waals surface area contributed by atoms with Gasteiger partial charge in [0.05, 0.1) is 5.69 Å². The molecular formula is C19H26N6S. The molecule has 0 aliphatic heterocycles. The fourth-order valence-corrected chi connectivity index (χ4v) is 3.07. The monoisotopic (exact) mass is 370 g/mol. The van der Waals surface area contributed by atoms with Crippen LogP contribution in [-0.2, 0) is 0 Å². The van der Waals surface area contributed by atoms with Gasteiger partial charge in [-0.05, 0) is 44.4 Å². The van der Waals surface area contributed by atoms with E-state index in [1.165, 1.54) is 11.8 Å². The topological polar surface area (TPSA) is 90.9 Å². The fraction of sp³-hybridized carbons (Fsp3) is 0.421. The molecule has 2 aromatic rings. The van der Waals surface area contributed by atoms with Crippen molar-refractivity contribution in [3.05, 3.63) is 29.8 Å². The van der Waals surface area contributed by atoms with Gasteiger partial charge in [-0.1, -0.05) is 37.7 Å². The molecule has 0 spiro atoms. The second kappa shape index (κ2) is 10.00. The summed E-state index contributed by atoms with van der Waals surface area (Å²) in [4.78, 5) is 11.4. The van der Waals surface area contributed by atoms with E-state index in [2.05, 4.69) is 40.1 Å². The average Bonchev–Trinajstić information content (AvgIpc) is 2.67. The second-order valence-corrected chi connectivity index (χ2v) is 6.60. The Hall–Kier alpha value is -2.30. The number of thioether (sulfide) groups is 1. The highest BCUT2D eigenvalue weighted by molar-refractivity contribution is 7.98. The molecule has 0 fully saturated rings. The Morgan fingerprint density at radius 2 is 2.04 bits per heavy atom. The minimum Gasteiger partial charge on any atom is -0.399 e. The molecule has 2 rings (SSSR count). The Kier molecular flexibility index (Phi) is 7.70. The van der Waals surface area contributed by atoms with Crippen LogP contribution in [0.3, 0.4) is 0 Å². The first kappa shape index (κ1) is 20.0. The predicted octanol–water partition coefficient (Wildman–Crippen LogP) is 3.46. The maximum absolute atomic E-state index is 9.70. The zero-order chi connectivity index (χ0) is 18.9. The van der Waals surface area contributed by atoms with Gasteiger partial charge in [-0.15, -0.1) is 0 Å². The molecule has 0 aliphatic carbocycles. The molecule has 26 heavy (non-hydrogen) atoms. The fourth-order valence-electron chi connectivity index (χ4n) is 2.71. The molecule has 7 heteroatoms. The number of benzene rings is 1. The van der Waals surface area contributed by atoms with Crippen molar-refractivity contribution < 1.29 is 0 Å². The third-order valence-corrected chi connectivity index (χ3v) is 4.73. The Morgan fingerprint density at radius 1 is 1.27 bits per heavy atom. The van der Waals surface area contributed by atoms with E-state index in [-0.39, 0.29) is 0 Å². The van der Waals surface area contributed by atoms with Gasteiger partial charge in [0.15, 0.2) is 5.16 Å². The molecule has 138 valence electrons. The van der Waals surface area contributed by atoms with Gasteiger partial charge in [-0.25, -0.2) is 9.97 Å². The van der Waals surface area contributed by atoms with Crippen molar-refractivity contribution in [2.45, 2.75) is 25.4 Å². The Labute approximate surface area is 159 Å². The lowest BCUT2D eigenvalue weighted by Gasteiger charge is -2.18. The lowest BCUT2D eigenvalue weighted by atomic mass is 10.1. The van der Waals surface area contributed by atoms with Gasteiger partial charge in [-0.2, -0.15) is 5.26 Å². The van der Waals surface area contributed by atoms with Crippen molar-refractivity contribution in [3.63, 3.8) is 0 Å². The van der Waals surface area contributed by atoms with Gasteiger partial charge in [0.1, 0.15) is 17.5 Å². The molecule has 0 amide bonds. The zero-order valence-corrected chi connectivity index (χ0v) is 16.4. The number of nitrogens with one attached hydrogen (secondary N) is 1. The molecule has 0 bridgehead atoms. The van der Waals surface area contributed by atoms with Crippen molar-refractivity contribution in [1.29, 1.82) is 5.26 Å². The zero-order valence-electron chi connectivity index (χ0n) is 15.6. The van der Waals surface area contributed by atoms with Crippen LogP contribution in [0.15, 0.2) is 29.4 Å². The number of nitriles is 1. The van der Waals surface area contributed by atoms with Crippen LogP contribution >= 0.6 is 11.8 Å². The lowest BCUT2D eigenvalue weighted by molar-refractivity contribution is 0.303. The Balaban J connectivity index is 2.26. The van der Waals surface area contributed by atoms with Crippen LogP contribution in [0.5, 0.6) is 0 Å². The van der Waals surface area contributed by atoms with E-state index < -0.39 is 0 Å². The summed E-state index contributed by atoms with van der Waals surface area (Å²) in [5.74, 6) is 0.587. The lowest BCUT2D eigenvalue weighted by Crippen LogP contribution is -2.25. The summed E-state index contributed by atoms with van der Waals surface area (Å²) < 4.78 is 0. The molecule has 6 nitrogen and oxygen atoms in total. The summed E-state index contributed by atoms with van der Waals surface area (Å²) in [6.07, 6.45) is 2.91. The average molecular weight is 371 g/mol. The van der Waals surface area contributed by atoms with Crippen LogP contribution in [-0.4, -0.2) is 47.3 Å². The van der Waals surface area contributed by atoms with Crippen LogP contribution in [0.2, 0.25) is 0 Å². The molecule has 0 saturated heterocycles. The molecule has 0 unspecified atom stereocenters. The first-order valence-electron chi connectivity index (χ1n) is 8.81. The van der Waals surface area contributed by atoms with E-state index >= 15 is 0 Å². The first-order valence-corrected chi connectivity index (χ1v) is 10.0. The second-order valence-electron chi connectivity index (χ2n) is 5.83. The Bertz CT molecular complexity index is 767. The number of rotatable bonds is 9. The largest absolute Gasteiger partial charge is 0.399 e. The molecule has 1 aromatic carbocycles. The van der Waals surface area contributed by atoms with Crippen molar-refractivity contribution in [1.82, 2.24) is 14.9 Å². The van der Waals surface area contributed by atoms with Crippen LogP contribution in [0.25, 0.3) is 11.3 Å². The molecule has 0 aliphatic rings. The third kappa shape index (κ3) is 5.10. The highest BCUT2D eigenvalue weighted by Crippen LogP contribution is 2.29. The maximum Gasteiger partial charge on any atom is 0.189 e. The molecule has 3 N–H and O–H groups in total. The molecule has 0 atom stereocenters. The minimum atomic E-state index is 0.455. The summed E-state index contributed by atoms with van der Waals surface area (Å²) >= 11 is 1.46. The van der Waals surface area contributed by atoms with Crippen molar-refractivity contribution in [2.24, 2.45) is 0 Å². The van der Waals surface area contributed by atoms with Gasteiger partial charge in [-0.3, -0.25) is 0 Å². The van der Waals surface area contributed by atoms with E-state index in [1.807, 2.05) is 30.5 Å². The summed E-state index contributed by atoms with van der Waals surface area (Å²) in [7, 11) is 0. The van der Waals surface area contributed by atoms with E-state index in [0.29, 0.717) is 27.9 Å². The summed E-state index contributed by atoms with van der Waals surface area (Å²) in [6, 6.07) is 9.68. The third-order valence-electron chi connectivity index (χ3n) is 4.18. The maximum atomic E-state index is 9.70. The van der Waals surface area contributed by atoms with Gasteiger partial charge in [0.25, 0.3) is 0 Å². The summed E-state index contributed by atoms with van der Waals surface area (Å²) in [5.41, 5.74) is 8.44. The van der Waals surface area contributed by atoms with Gasteiger partial charge in [0, 0.05) is 17.8 Å². The van der Waals surface area contributed by atoms with Crippen molar-refractivity contribution in [3.8, 4) is 17.3 Å². The highest BCUT2D eigenvalue weighted by Gasteiger charge is 2.16. The molecule has 1 heterocycles. The number of hydrogen-bond donors (Lipinski definition) is 2. The normalized spacial score (nSPS) is 10.7. The van der Waals surface area contributed by atoms with Gasteiger partial charge < -0.3 is 16.0 Å². The Morgan fingerprint density at radius 3 is 2.65 bits per heavy atom. The number of anilines is 2. The van der Waals surface area contributed by atoms with E-state index in [0.717, 1.165) is 38.2 Å². The molecule has 0 radical (unpaired) electrons. The molecule has 1 aromatic heterocycles. The van der Waals surface area contributed by atoms with E-state index in [1.54, 1.807) is 0 Å². The highest BCUT2D eigenvalue weighted by atomic mass is 32.2. The van der Waals surface area contributed by atoms with Crippen LogP contribution in [0.1, 0.15) is 25.8 Å².